The first kappa shape index (κ1) is 16.2. The van der Waals surface area contributed by atoms with Crippen molar-refractivity contribution in [1.29, 1.82) is 0 Å². The van der Waals surface area contributed by atoms with Gasteiger partial charge in [-0.2, -0.15) is 5.10 Å². The average Bonchev–Trinajstić information content (AvgIpc) is 2.83. The third-order valence-electron chi connectivity index (χ3n) is 3.83. The zero-order chi connectivity index (χ0) is 17.1. The molecule has 0 aliphatic carbocycles. The summed E-state index contributed by atoms with van der Waals surface area (Å²) in [6.45, 7) is 7.58. The molecule has 0 fully saturated rings. The summed E-state index contributed by atoms with van der Waals surface area (Å²) in [5, 5.41) is 12.2. The van der Waals surface area contributed by atoms with Crippen molar-refractivity contribution in [3.63, 3.8) is 0 Å². The van der Waals surface area contributed by atoms with Gasteiger partial charge in [0.1, 0.15) is 17.5 Å². The number of anilines is 2. The topological polar surface area (TPSA) is 80.5 Å². The van der Waals surface area contributed by atoms with E-state index in [9.17, 15) is 0 Å². The molecule has 3 heterocycles. The molecule has 3 aromatic heterocycles. The molecule has 7 heteroatoms. The summed E-state index contributed by atoms with van der Waals surface area (Å²) >= 11 is 0. The fraction of sp³-hybridized carbons (Fsp3) is 0.412. The molecule has 3 aromatic rings. The molecule has 0 atom stereocenters. The van der Waals surface area contributed by atoms with Gasteiger partial charge in [-0.15, -0.1) is 0 Å². The van der Waals surface area contributed by atoms with Crippen molar-refractivity contribution < 1.29 is 0 Å². The van der Waals surface area contributed by atoms with Crippen LogP contribution in [0.2, 0.25) is 0 Å². The Kier molecular flexibility index (Phi) is 4.59. The summed E-state index contributed by atoms with van der Waals surface area (Å²) in [6.07, 6.45) is 2.82. The monoisotopic (exact) mass is 325 g/mol. The van der Waals surface area contributed by atoms with Gasteiger partial charge in [0.15, 0.2) is 5.65 Å². The predicted molar refractivity (Wildman–Crippen MR) is 96.3 cm³/mol. The van der Waals surface area contributed by atoms with E-state index in [-0.39, 0.29) is 0 Å². The molecular weight excluding hydrogens is 302 g/mol. The molecule has 126 valence electrons. The zero-order valence-electron chi connectivity index (χ0n) is 14.6. The van der Waals surface area contributed by atoms with Gasteiger partial charge >= 0.3 is 0 Å². The lowest BCUT2D eigenvalue weighted by Crippen LogP contribution is -2.11. The van der Waals surface area contributed by atoms with Gasteiger partial charge in [-0.05, 0) is 38.8 Å². The Labute approximate surface area is 141 Å². The smallest absolute Gasteiger partial charge is 0.163 e. The van der Waals surface area contributed by atoms with Gasteiger partial charge in [0.2, 0.25) is 0 Å². The largest absolute Gasteiger partial charge is 0.370 e. The van der Waals surface area contributed by atoms with Crippen LogP contribution in [0.15, 0.2) is 18.3 Å². The minimum absolute atomic E-state index is 0.745. The van der Waals surface area contributed by atoms with Crippen molar-refractivity contribution in [2.45, 2.75) is 27.2 Å². The normalized spacial score (nSPS) is 11.0. The second kappa shape index (κ2) is 6.82. The van der Waals surface area contributed by atoms with Crippen molar-refractivity contribution in [3.05, 3.63) is 35.4 Å². The Morgan fingerprint density at radius 3 is 2.58 bits per heavy atom. The first-order valence-electron chi connectivity index (χ1n) is 8.13. The molecule has 0 aromatic carbocycles. The van der Waals surface area contributed by atoms with Crippen LogP contribution in [0.5, 0.6) is 0 Å². The van der Waals surface area contributed by atoms with Crippen molar-refractivity contribution in [1.82, 2.24) is 24.7 Å². The maximum atomic E-state index is 4.53. The minimum Gasteiger partial charge on any atom is -0.370 e. The third kappa shape index (κ3) is 3.45. The highest BCUT2D eigenvalue weighted by atomic mass is 15.3. The van der Waals surface area contributed by atoms with Crippen LogP contribution in [0.1, 0.15) is 23.5 Å². The van der Waals surface area contributed by atoms with Crippen molar-refractivity contribution in [3.8, 4) is 0 Å². The van der Waals surface area contributed by atoms with E-state index in [0.29, 0.717) is 0 Å². The fourth-order valence-electron chi connectivity index (χ4n) is 2.66. The Bertz CT molecular complexity index is 836. The summed E-state index contributed by atoms with van der Waals surface area (Å²) in [5.41, 5.74) is 2.97. The molecule has 3 rings (SSSR count). The van der Waals surface area contributed by atoms with Crippen LogP contribution in [-0.4, -0.2) is 37.8 Å². The van der Waals surface area contributed by atoms with Gasteiger partial charge in [-0.25, -0.2) is 15.0 Å². The fourth-order valence-corrected chi connectivity index (χ4v) is 2.66. The molecule has 0 spiro atoms. The number of aromatic nitrogens is 5. The maximum absolute atomic E-state index is 4.53. The number of nitrogens with one attached hydrogen (secondary N) is 2. The van der Waals surface area contributed by atoms with Gasteiger partial charge < -0.3 is 10.6 Å². The molecule has 0 saturated heterocycles. The standard InChI is InChI=1S/C17H23N7/c1-11-6-7-14(20-10-11)18-8-5-9-19-16-15-12(2)23-24(4)17(15)22-13(3)21-16/h6-7,10H,5,8-9H2,1-4H3,(H,18,20)(H,19,21,22). The number of rotatable bonds is 6. The van der Waals surface area contributed by atoms with Crippen molar-refractivity contribution >= 4 is 22.7 Å². The first-order valence-corrected chi connectivity index (χ1v) is 8.13. The van der Waals surface area contributed by atoms with E-state index in [1.54, 1.807) is 4.68 Å². The molecule has 0 bridgehead atoms. The number of pyridine rings is 1. The number of hydrogen-bond acceptors (Lipinski definition) is 6. The quantitative estimate of drug-likeness (QED) is 0.678. The van der Waals surface area contributed by atoms with Gasteiger partial charge in [0, 0.05) is 26.3 Å². The number of fused-ring (bicyclic) bond motifs is 1. The molecule has 0 radical (unpaired) electrons. The van der Waals surface area contributed by atoms with E-state index in [4.69, 9.17) is 0 Å². The third-order valence-corrected chi connectivity index (χ3v) is 3.83. The summed E-state index contributed by atoms with van der Waals surface area (Å²) in [7, 11) is 1.91. The van der Waals surface area contributed by atoms with Crippen LogP contribution in [-0.2, 0) is 7.05 Å². The molecule has 24 heavy (non-hydrogen) atoms. The number of hydrogen-bond donors (Lipinski definition) is 2. The molecule has 0 saturated carbocycles. The molecular formula is C17H23N7. The van der Waals surface area contributed by atoms with Gasteiger partial charge in [0.05, 0.1) is 11.1 Å². The minimum atomic E-state index is 0.745. The van der Waals surface area contributed by atoms with Gasteiger partial charge in [0.25, 0.3) is 0 Å². The lowest BCUT2D eigenvalue weighted by molar-refractivity contribution is 0.771. The second-order valence-corrected chi connectivity index (χ2v) is 5.95. The number of aryl methyl sites for hydroxylation is 4. The van der Waals surface area contributed by atoms with Crippen LogP contribution < -0.4 is 10.6 Å². The van der Waals surface area contributed by atoms with Crippen LogP contribution in [0.4, 0.5) is 11.6 Å². The van der Waals surface area contributed by atoms with Crippen molar-refractivity contribution in [2.75, 3.05) is 23.7 Å². The predicted octanol–water partition coefficient (Wildman–Crippen LogP) is 2.60. The highest BCUT2D eigenvalue weighted by Crippen LogP contribution is 2.23. The van der Waals surface area contributed by atoms with Crippen LogP contribution in [0.25, 0.3) is 11.0 Å². The SMILES string of the molecule is Cc1ccc(NCCCNc2nc(C)nc3c2c(C)nn3C)nc1. The first-order chi connectivity index (χ1) is 11.5. The molecule has 2 N–H and O–H groups in total. The Morgan fingerprint density at radius 2 is 1.83 bits per heavy atom. The van der Waals surface area contributed by atoms with E-state index in [0.717, 1.165) is 59.3 Å². The van der Waals surface area contributed by atoms with Gasteiger partial charge in [-0.1, -0.05) is 6.07 Å². The zero-order valence-corrected chi connectivity index (χ0v) is 14.6. The van der Waals surface area contributed by atoms with E-state index in [1.165, 1.54) is 0 Å². The lowest BCUT2D eigenvalue weighted by Gasteiger charge is -2.09. The summed E-state index contributed by atoms with van der Waals surface area (Å²) in [5.74, 6) is 2.51. The molecule has 0 amide bonds. The second-order valence-electron chi connectivity index (χ2n) is 5.95. The lowest BCUT2D eigenvalue weighted by atomic mass is 10.3. The van der Waals surface area contributed by atoms with Crippen LogP contribution >= 0.6 is 0 Å². The summed E-state index contributed by atoms with van der Waals surface area (Å²) in [4.78, 5) is 13.3. The van der Waals surface area contributed by atoms with Crippen LogP contribution in [0, 0.1) is 20.8 Å². The van der Waals surface area contributed by atoms with E-state index in [1.807, 2.05) is 40.1 Å². The Morgan fingerprint density at radius 1 is 1.04 bits per heavy atom. The highest BCUT2D eigenvalue weighted by Gasteiger charge is 2.13. The summed E-state index contributed by atoms with van der Waals surface area (Å²) < 4.78 is 1.80. The molecule has 0 aliphatic rings. The molecule has 0 aliphatic heterocycles. The van der Waals surface area contributed by atoms with E-state index < -0.39 is 0 Å². The summed E-state index contributed by atoms with van der Waals surface area (Å²) in [6, 6.07) is 4.05. The molecule has 7 nitrogen and oxygen atoms in total. The molecule has 0 unspecified atom stereocenters. The number of nitrogens with zero attached hydrogens (tertiary/aromatic N) is 5. The van der Waals surface area contributed by atoms with Crippen molar-refractivity contribution in [2.24, 2.45) is 7.05 Å². The Hall–Kier alpha value is -2.70. The van der Waals surface area contributed by atoms with Crippen LogP contribution in [0.3, 0.4) is 0 Å². The highest BCUT2D eigenvalue weighted by molar-refractivity contribution is 5.89. The maximum Gasteiger partial charge on any atom is 0.163 e. The van der Waals surface area contributed by atoms with E-state index >= 15 is 0 Å². The van der Waals surface area contributed by atoms with Gasteiger partial charge in [-0.3, -0.25) is 4.68 Å². The Balaban J connectivity index is 1.59. The average molecular weight is 325 g/mol. The van der Waals surface area contributed by atoms with E-state index in [2.05, 4.69) is 36.8 Å².